The van der Waals surface area contributed by atoms with Crippen LogP contribution in [0.25, 0.3) is 0 Å². The Morgan fingerprint density at radius 3 is 2.15 bits per heavy atom. The average molecular weight is 376 g/mol. The summed E-state index contributed by atoms with van der Waals surface area (Å²) in [5.74, 6) is -0.00337. The zero-order valence-electron chi connectivity index (χ0n) is 15.6. The summed E-state index contributed by atoms with van der Waals surface area (Å²) in [5.41, 5.74) is 3.16. The van der Waals surface area contributed by atoms with Crippen LogP contribution in [-0.4, -0.2) is 5.91 Å². The molecule has 0 bridgehead atoms. The third-order valence-electron chi connectivity index (χ3n) is 4.38. The average Bonchev–Trinajstić information content (AvgIpc) is 2.73. The minimum absolute atomic E-state index is 0.00337. The molecule has 138 valence electrons. The highest BCUT2D eigenvalue weighted by molar-refractivity contribution is 8.00. The van der Waals surface area contributed by atoms with E-state index in [0.29, 0.717) is 0 Å². The minimum Gasteiger partial charge on any atom is -0.325 e. The highest BCUT2D eigenvalue weighted by Gasteiger charge is 2.22. The van der Waals surface area contributed by atoms with Gasteiger partial charge in [-0.3, -0.25) is 4.79 Å². The van der Waals surface area contributed by atoms with Crippen molar-refractivity contribution in [3.05, 3.63) is 96.1 Å². The summed E-state index contributed by atoms with van der Waals surface area (Å²) < 4.78 is 0. The fraction of sp³-hybridized carbons (Fsp3) is 0.208. The SMILES string of the molecule is CCCCc1ccc(NC(=O)C(Sc2ccccc2)c2ccccc2)cc1. The molecule has 1 unspecified atom stereocenters. The molecule has 3 aromatic rings. The van der Waals surface area contributed by atoms with Crippen LogP contribution in [0.4, 0.5) is 5.69 Å². The number of unbranched alkanes of at least 4 members (excludes halogenated alkanes) is 1. The van der Waals surface area contributed by atoms with Gasteiger partial charge in [0.05, 0.1) is 0 Å². The van der Waals surface area contributed by atoms with Crippen molar-refractivity contribution in [1.29, 1.82) is 0 Å². The van der Waals surface area contributed by atoms with E-state index >= 15 is 0 Å². The summed E-state index contributed by atoms with van der Waals surface area (Å²) >= 11 is 1.57. The van der Waals surface area contributed by atoms with Gasteiger partial charge < -0.3 is 5.32 Å². The van der Waals surface area contributed by atoms with Crippen molar-refractivity contribution in [2.45, 2.75) is 36.3 Å². The summed E-state index contributed by atoms with van der Waals surface area (Å²) in [7, 11) is 0. The number of nitrogens with one attached hydrogen (secondary N) is 1. The molecule has 0 spiro atoms. The molecule has 1 amide bonds. The first-order valence-electron chi connectivity index (χ1n) is 9.42. The first-order chi connectivity index (χ1) is 13.3. The van der Waals surface area contributed by atoms with Crippen LogP contribution < -0.4 is 5.32 Å². The van der Waals surface area contributed by atoms with Crippen LogP contribution in [0, 0.1) is 0 Å². The second-order valence-electron chi connectivity index (χ2n) is 6.51. The van der Waals surface area contributed by atoms with Crippen molar-refractivity contribution in [2.24, 2.45) is 0 Å². The predicted molar refractivity (Wildman–Crippen MR) is 115 cm³/mol. The quantitative estimate of drug-likeness (QED) is 0.455. The number of carbonyl (C=O) groups is 1. The van der Waals surface area contributed by atoms with Crippen LogP contribution in [0.2, 0.25) is 0 Å². The van der Waals surface area contributed by atoms with Gasteiger partial charge in [0.1, 0.15) is 5.25 Å². The molecule has 3 aromatic carbocycles. The Morgan fingerprint density at radius 2 is 1.52 bits per heavy atom. The molecule has 0 aliphatic heterocycles. The Labute approximate surface area is 166 Å². The maximum Gasteiger partial charge on any atom is 0.242 e. The maximum absolute atomic E-state index is 13.0. The van der Waals surface area contributed by atoms with E-state index in [1.54, 1.807) is 11.8 Å². The molecular formula is C24H25NOS. The number of carbonyl (C=O) groups excluding carboxylic acids is 1. The van der Waals surface area contributed by atoms with E-state index in [-0.39, 0.29) is 11.2 Å². The van der Waals surface area contributed by atoms with Crippen molar-refractivity contribution in [1.82, 2.24) is 0 Å². The second-order valence-corrected chi connectivity index (χ2v) is 7.69. The van der Waals surface area contributed by atoms with E-state index in [0.717, 1.165) is 22.6 Å². The molecule has 0 heterocycles. The Kier molecular flexibility index (Phi) is 7.11. The molecule has 2 nitrogen and oxygen atoms in total. The van der Waals surface area contributed by atoms with E-state index in [1.807, 2.05) is 72.8 Å². The summed E-state index contributed by atoms with van der Waals surface area (Å²) in [6.07, 6.45) is 3.46. The fourth-order valence-corrected chi connectivity index (χ4v) is 3.92. The summed E-state index contributed by atoms with van der Waals surface area (Å²) in [6, 6.07) is 28.2. The van der Waals surface area contributed by atoms with Crippen LogP contribution in [0.5, 0.6) is 0 Å². The molecule has 0 aliphatic rings. The number of amides is 1. The first kappa shape index (κ1) is 19.2. The van der Waals surface area contributed by atoms with Gasteiger partial charge in [-0.25, -0.2) is 0 Å². The number of anilines is 1. The van der Waals surface area contributed by atoms with Gasteiger partial charge in [-0.15, -0.1) is 11.8 Å². The highest BCUT2D eigenvalue weighted by atomic mass is 32.2. The highest BCUT2D eigenvalue weighted by Crippen LogP contribution is 2.36. The molecule has 1 atom stereocenters. The van der Waals surface area contributed by atoms with Gasteiger partial charge in [-0.1, -0.05) is 74.0 Å². The zero-order valence-corrected chi connectivity index (χ0v) is 16.4. The van der Waals surface area contributed by atoms with Crippen LogP contribution >= 0.6 is 11.8 Å². The predicted octanol–water partition coefficient (Wildman–Crippen LogP) is 6.50. The summed E-state index contributed by atoms with van der Waals surface area (Å²) in [5, 5.41) is 2.79. The molecule has 0 aromatic heterocycles. The van der Waals surface area contributed by atoms with Crippen LogP contribution in [0.15, 0.2) is 89.8 Å². The lowest BCUT2D eigenvalue weighted by atomic mass is 10.1. The van der Waals surface area contributed by atoms with E-state index < -0.39 is 0 Å². The molecule has 0 saturated carbocycles. The monoisotopic (exact) mass is 375 g/mol. The Hall–Kier alpha value is -2.52. The topological polar surface area (TPSA) is 29.1 Å². The largest absolute Gasteiger partial charge is 0.325 e. The molecule has 3 heteroatoms. The minimum atomic E-state index is -0.298. The van der Waals surface area contributed by atoms with Gasteiger partial charge in [0.2, 0.25) is 5.91 Å². The maximum atomic E-state index is 13.0. The van der Waals surface area contributed by atoms with Crippen molar-refractivity contribution >= 4 is 23.4 Å². The van der Waals surface area contributed by atoms with Gasteiger partial charge in [0.25, 0.3) is 0 Å². The lowest BCUT2D eigenvalue weighted by molar-refractivity contribution is -0.115. The van der Waals surface area contributed by atoms with Gasteiger partial charge >= 0.3 is 0 Å². The van der Waals surface area contributed by atoms with Gasteiger partial charge in [-0.05, 0) is 48.2 Å². The van der Waals surface area contributed by atoms with Gasteiger partial charge in [0.15, 0.2) is 0 Å². The van der Waals surface area contributed by atoms with Crippen LogP contribution in [0.3, 0.4) is 0 Å². The molecule has 27 heavy (non-hydrogen) atoms. The number of aryl methyl sites for hydroxylation is 1. The molecule has 1 N–H and O–H groups in total. The van der Waals surface area contributed by atoms with E-state index in [4.69, 9.17) is 0 Å². The number of benzene rings is 3. The Balaban J connectivity index is 1.74. The molecule has 3 rings (SSSR count). The van der Waals surface area contributed by atoms with E-state index in [9.17, 15) is 4.79 Å². The molecular weight excluding hydrogens is 350 g/mol. The lowest BCUT2D eigenvalue weighted by Crippen LogP contribution is -2.19. The van der Waals surface area contributed by atoms with E-state index in [1.165, 1.54) is 18.4 Å². The molecule has 0 saturated heterocycles. The lowest BCUT2D eigenvalue weighted by Gasteiger charge is -2.17. The fourth-order valence-electron chi connectivity index (χ4n) is 2.88. The Morgan fingerprint density at radius 1 is 0.889 bits per heavy atom. The first-order valence-corrected chi connectivity index (χ1v) is 10.3. The standard InChI is InChI=1S/C24H25NOS/c1-2-3-10-19-15-17-21(18-16-19)25-24(26)23(20-11-6-4-7-12-20)27-22-13-8-5-9-14-22/h4-9,11-18,23H,2-3,10H2,1H3,(H,25,26). The van der Waals surface area contributed by atoms with Gasteiger partial charge in [0, 0.05) is 10.6 Å². The third-order valence-corrected chi connectivity index (χ3v) is 5.64. The zero-order chi connectivity index (χ0) is 18.9. The van der Waals surface area contributed by atoms with Crippen molar-refractivity contribution in [3.63, 3.8) is 0 Å². The summed E-state index contributed by atoms with van der Waals surface area (Å²) in [4.78, 5) is 14.1. The number of rotatable bonds is 8. The number of thioether (sulfide) groups is 1. The second kappa shape index (κ2) is 9.98. The van der Waals surface area contributed by atoms with Gasteiger partial charge in [-0.2, -0.15) is 0 Å². The van der Waals surface area contributed by atoms with Crippen molar-refractivity contribution in [3.8, 4) is 0 Å². The third kappa shape index (κ3) is 5.73. The number of hydrogen-bond donors (Lipinski definition) is 1. The van der Waals surface area contributed by atoms with Crippen LogP contribution in [-0.2, 0) is 11.2 Å². The van der Waals surface area contributed by atoms with Crippen molar-refractivity contribution in [2.75, 3.05) is 5.32 Å². The van der Waals surface area contributed by atoms with E-state index in [2.05, 4.69) is 24.4 Å². The number of hydrogen-bond acceptors (Lipinski definition) is 2. The molecule has 0 fully saturated rings. The smallest absolute Gasteiger partial charge is 0.242 e. The Bertz CT molecular complexity index is 831. The molecule has 0 aliphatic carbocycles. The normalized spacial score (nSPS) is 11.7. The molecule has 0 radical (unpaired) electrons. The van der Waals surface area contributed by atoms with Crippen LogP contribution in [0.1, 0.15) is 36.1 Å². The van der Waals surface area contributed by atoms with Crippen molar-refractivity contribution < 1.29 is 4.79 Å². The summed E-state index contributed by atoms with van der Waals surface area (Å²) in [6.45, 7) is 2.20.